The molecule has 3 heterocycles. The van der Waals surface area contributed by atoms with Crippen LogP contribution < -0.4 is 5.32 Å². The molecule has 6 heteroatoms. The van der Waals surface area contributed by atoms with Gasteiger partial charge in [0.05, 0.1) is 25.5 Å². The van der Waals surface area contributed by atoms with Gasteiger partial charge >= 0.3 is 0 Å². The van der Waals surface area contributed by atoms with Gasteiger partial charge in [0.2, 0.25) is 0 Å². The zero-order valence-electron chi connectivity index (χ0n) is 12.3. The van der Waals surface area contributed by atoms with Crippen molar-refractivity contribution in [2.24, 2.45) is 0 Å². The van der Waals surface area contributed by atoms with Crippen molar-refractivity contribution >= 4 is 5.91 Å². The number of carbonyl (C=O) groups excluding carboxylic acids is 1. The van der Waals surface area contributed by atoms with E-state index in [1.54, 1.807) is 30.8 Å². The number of nitrogens with one attached hydrogen (secondary N) is 1. The molecule has 1 aliphatic heterocycles. The molecule has 0 aromatic carbocycles. The van der Waals surface area contributed by atoms with Crippen molar-refractivity contribution in [2.45, 2.75) is 6.04 Å². The van der Waals surface area contributed by atoms with E-state index in [4.69, 9.17) is 9.15 Å². The lowest BCUT2D eigenvalue weighted by molar-refractivity contribution is 0.0118. The third-order valence-electron chi connectivity index (χ3n) is 3.76. The van der Waals surface area contributed by atoms with Gasteiger partial charge < -0.3 is 14.5 Å². The zero-order chi connectivity index (χ0) is 15.2. The van der Waals surface area contributed by atoms with E-state index < -0.39 is 0 Å². The third-order valence-corrected chi connectivity index (χ3v) is 3.76. The van der Waals surface area contributed by atoms with Gasteiger partial charge in [0.25, 0.3) is 5.91 Å². The van der Waals surface area contributed by atoms with E-state index in [-0.39, 0.29) is 11.9 Å². The summed E-state index contributed by atoms with van der Waals surface area (Å²) in [5.74, 6) is 0.754. The van der Waals surface area contributed by atoms with Gasteiger partial charge in [0, 0.05) is 37.6 Å². The Hall–Kier alpha value is -2.18. The Kier molecular flexibility index (Phi) is 4.82. The smallest absolute Gasteiger partial charge is 0.251 e. The fourth-order valence-corrected chi connectivity index (χ4v) is 2.57. The second-order valence-electron chi connectivity index (χ2n) is 5.13. The maximum absolute atomic E-state index is 12.2. The SMILES string of the molecule is O=C(NCC(c1ccco1)N1CCOCC1)c1ccncc1. The molecular weight excluding hydrogens is 282 g/mol. The average Bonchev–Trinajstić information content (AvgIpc) is 3.11. The minimum Gasteiger partial charge on any atom is -0.468 e. The van der Waals surface area contributed by atoms with Gasteiger partial charge in [-0.15, -0.1) is 0 Å². The first-order valence-corrected chi connectivity index (χ1v) is 7.38. The van der Waals surface area contributed by atoms with Crippen LogP contribution in [-0.2, 0) is 4.74 Å². The maximum Gasteiger partial charge on any atom is 0.251 e. The van der Waals surface area contributed by atoms with E-state index in [2.05, 4.69) is 15.2 Å². The predicted octanol–water partition coefficient (Wildman–Crippen LogP) is 1.48. The highest BCUT2D eigenvalue weighted by atomic mass is 16.5. The lowest BCUT2D eigenvalue weighted by Gasteiger charge is -2.33. The van der Waals surface area contributed by atoms with Crippen molar-refractivity contribution in [1.82, 2.24) is 15.2 Å². The molecule has 1 N–H and O–H groups in total. The Labute approximate surface area is 129 Å². The summed E-state index contributed by atoms with van der Waals surface area (Å²) in [6.07, 6.45) is 4.88. The van der Waals surface area contributed by atoms with Crippen molar-refractivity contribution in [3.8, 4) is 0 Å². The number of furan rings is 1. The van der Waals surface area contributed by atoms with Crippen LogP contribution in [0.5, 0.6) is 0 Å². The number of aromatic nitrogens is 1. The minimum absolute atomic E-state index is 0.0182. The fourth-order valence-electron chi connectivity index (χ4n) is 2.57. The van der Waals surface area contributed by atoms with Crippen LogP contribution in [0.3, 0.4) is 0 Å². The number of pyridine rings is 1. The summed E-state index contributed by atoms with van der Waals surface area (Å²) in [6, 6.07) is 7.23. The number of hydrogen-bond donors (Lipinski definition) is 1. The van der Waals surface area contributed by atoms with Crippen LogP contribution in [0.4, 0.5) is 0 Å². The Morgan fingerprint density at radius 2 is 2.05 bits per heavy atom. The van der Waals surface area contributed by atoms with E-state index in [0.717, 1.165) is 18.8 Å². The van der Waals surface area contributed by atoms with Crippen LogP contribution in [0.25, 0.3) is 0 Å². The Morgan fingerprint density at radius 3 is 2.73 bits per heavy atom. The first-order chi connectivity index (χ1) is 10.8. The van der Waals surface area contributed by atoms with Crippen LogP contribution >= 0.6 is 0 Å². The second-order valence-corrected chi connectivity index (χ2v) is 5.13. The first-order valence-electron chi connectivity index (χ1n) is 7.38. The first kappa shape index (κ1) is 14.7. The molecule has 2 aromatic heterocycles. The third kappa shape index (κ3) is 3.52. The molecule has 1 atom stereocenters. The summed E-state index contributed by atoms with van der Waals surface area (Å²) in [6.45, 7) is 3.56. The highest BCUT2D eigenvalue weighted by Gasteiger charge is 2.25. The molecule has 2 aromatic rings. The van der Waals surface area contributed by atoms with E-state index >= 15 is 0 Å². The van der Waals surface area contributed by atoms with Gasteiger partial charge in [-0.1, -0.05) is 0 Å². The number of carbonyl (C=O) groups is 1. The number of hydrogen-bond acceptors (Lipinski definition) is 5. The number of ether oxygens (including phenoxy) is 1. The number of morpholine rings is 1. The van der Waals surface area contributed by atoms with Gasteiger partial charge in [0.15, 0.2) is 0 Å². The summed E-state index contributed by atoms with van der Waals surface area (Å²) in [4.78, 5) is 18.4. The largest absolute Gasteiger partial charge is 0.468 e. The summed E-state index contributed by atoms with van der Waals surface area (Å²) in [7, 11) is 0. The minimum atomic E-state index is -0.104. The molecule has 0 saturated carbocycles. The van der Waals surface area contributed by atoms with Crippen LogP contribution in [0.1, 0.15) is 22.2 Å². The second kappa shape index (κ2) is 7.20. The van der Waals surface area contributed by atoms with Crippen molar-refractivity contribution in [3.63, 3.8) is 0 Å². The standard InChI is InChI=1S/C16H19N3O3/c20-16(13-3-5-17-6-4-13)18-12-14(15-2-1-9-22-15)19-7-10-21-11-8-19/h1-6,9,14H,7-8,10-12H2,(H,18,20). The Balaban J connectivity index is 1.66. The molecule has 0 bridgehead atoms. The Bertz CT molecular complexity index is 580. The van der Waals surface area contributed by atoms with Gasteiger partial charge in [0.1, 0.15) is 5.76 Å². The molecule has 1 amide bonds. The topological polar surface area (TPSA) is 67.6 Å². The summed E-state index contributed by atoms with van der Waals surface area (Å²) >= 11 is 0. The molecule has 0 radical (unpaired) electrons. The van der Waals surface area contributed by atoms with Gasteiger partial charge in [-0.05, 0) is 24.3 Å². The normalized spacial score (nSPS) is 17.1. The molecule has 1 unspecified atom stereocenters. The monoisotopic (exact) mass is 301 g/mol. The fraction of sp³-hybridized carbons (Fsp3) is 0.375. The van der Waals surface area contributed by atoms with E-state index in [1.807, 2.05) is 12.1 Å². The van der Waals surface area contributed by atoms with Crippen molar-refractivity contribution < 1.29 is 13.9 Å². The highest BCUT2D eigenvalue weighted by Crippen LogP contribution is 2.21. The van der Waals surface area contributed by atoms with Crippen molar-refractivity contribution in [3.05, 3.63) is 54.2 Å². The van der Waals surface area contributed by atoms with Gasteiger partial charge in [-0.2, -0.15) is 0 Å². The van der Waals surface area contributed by atoms with Gasteiger partial charge in [-0.25, -0.2) is 0 Å². The molecule has 1 fully saturated rings. The Morgan fingerprint density at radius 1 is 1.27 bits per heavy atom. The number of nitrogens with zero attached hydrogens (tertiary/aromatic N) is 2. The summed E-state index contributed by atoms with van der Waals surface area (Å²) < 4.78 is 10.9. The van der Waals surface area contributed by atoms with Crippen molar-refractivity contribution in [2.75, 3.05) is 32.8 Å². The molecule has 6 nitrogen and oxygen atoms in total. The van der Waals surface area contributed by atoms with Crippen LogP contribution in [0.2, 0.25) is 0 Å². The maximum atomic E-state index is 12.2. The van der Waals surface area contributed by atoms with Gasteiger partial charge in [-0.3, -0.25) is 14.7 Å². The lowest BCUT2D eigenvalue weighted by atomic mass is 10.1. The van der Waals surface area contributed by atoms with Crippen molar-refractivity contribution in [1.29, 1.82) is 0 Å². The molecule has 22 heavy (non-hydrogen) atoms. The highest BCUT2D eigenvalue weighted by molar-refractivity contribution is 5.93. The van der Waals surface area contributed by atoms with E-state index in [9.17, 15) is 4.79 Å². The van der Waals surface area contributed by atoms with E-state index in [0.29, 0.717) is 25.3 Å². The number of rotatable bonds is 5. The molecule has 116 valence electrons. The molecule has 0 spiro atoms. The number of amides is 1. The quantitative estimate of drug-likeness (QED) is 0.906. The lowest BCUT2D eigenvalue weighted by Crippen LogP contribution is -2.43. The molecule has 1 aliphatic rings. The summed E-state index contributed by atoms with van der Waals surface area (Å²) in [5, 5.41) is 2.98. The summed E-state index contributed by atoms with van der Waals surface area (Å²) in [5.41, 5.74) is 0.607. The van der Waals surface area contributed by atoms with E-state index in [1.165, 1.54) is 0 Å². The van der Waals surface area contributed by atoms with Crippen LogP contribution in [0, 0.1) is 0 Å². The molecular formula is C16H19N3O3. The van der Waals surface area contributed by atoms with Crippen LogP contribution in [-0.4, -0.2) is 48.6 Å². The average molecular weight is 301 g/mol. The molecule has 3 rings (SSSR count). The van der Waals surface area contributed by atoms with Crippen LogP contribution in [0.15, 0.2) is 47.3 Å². The molecule has 1 saturated heterocycles. The predicted molar refractivity (Wildman–Crippen MR) is 80.4 cm³/mol. The molecule has 0 aliphatic carbocycles. The zero-order valence-corrected chi connectivity index (χ0v) is 12.3.